The second kappa shape index (κ2) is 7.00. The fourth-order valence-electron chi connectivity index (χ4n) is 3.98. The van der Waals surface area contributed by atoms with E-state index in [0.717, 1.165) is 28.4 Å². The molecule has 2 atom stereocenters. The van der Waals surface area contributed by atoms with Gasteiger partial charge in [0.1, 0.15) is 0 Å². The molecule has 0 radical (unpaired) electrons. The largest absolute Gasteiger partial charge is 0.465 e. The molecule has 1 aliphatic carbocycles. The average molecular weight is 374 g/mol. The van der Waals surface area contributed by atoms with Crippen LogP contribution in [0.5, 0.6) is 0 Å². The number of carbonyl (C=O) groups is 2. The van der Waals surface area contributed by atoms with Gasteiger partial charge in [0.2, 0.25) is 0 Å². The number of nitrogens with one attached hydrogen (secondary N) is 2. The zero-order valence-electron chi connectivity index (χ0n) is 15.6. The van der Waals surface area contributed by atoms with Gasteiger partial charge in [0.15, 0.2) is 0 Å². The van der Waals surface area contributed by atoms with Crippen LogP contribution in [-0.2, 0) is 0 Å². The van der Waals surface area contributed by atoms with E-state index in [0.29, 0.717) is 12.0 Å². The molecule has 4 rings (SSSR count). The summed E-state index contributed by atoms with van der Waals surface area (Å²) in [6.07, 6.45) is 0.428. The Balaban J connectivity index is 1.59. The Kier molecular flexibility index (Phi) is 4.51. The molecule has 2 amide bonds. The van der Waals surface area contributed by atoms with Gasteiger partial charge in [-0.25, -0.2) is 4.79 Å². The lowest BCUT2D eigenvalue weighted by molar-refractivity contribution is 0.102. The minimum absolute atomic E-state index is 0.0571. The van der Waals surface area contributed by atoms with Gasteiger partial charge in [-0.3, -0.25) is 4.79 Å². The van der Waals surface area contributed by atoms with E-state index < -0.39 is 11.6 Å². The Bertz CT molecular complexity index is 1060. The fourth-order valence-corrected chi connectivity index (χ4v) is 3.98. The molecule has 0 aromatic heterocycles. The molecule has 2 unspecified atom stereocenters. The highest BCUT2D eigenvalue weighted by atomic mass is 16.4. The summed E-state index contributed by atoms with van der Waals surface area (Å²) >= 11 is 0. The molecule has 5 heteroatoms. The monoisotopic (exact) mass is 374 g/mol. The Labute approximate surface area is 163 Å². The average Bonchev–Trinajstić information content (AvgIpc) is 3.41. The van der Waals surface area contributed by atoms with Gasteiger partial charge in [-0.15, -0.1) is 0 Å². The van der Waals surface area contributed by atoms with Gasteiger partial charge in [-0.1, -0.05) is 55.5 Å². The number of anilines is 1. The van der Waals surface area contributed by atoms with Gasteiger partial charge in [-0.2, -0.15) is 0 Å². The van der Waals surface area contributed by atoms with Crippen LogP contribution in [-0.4, -0.2) is 22.6 Å². The predicted octanol–water partition coefficient (Wildman–Crippen LogP) is 5.00. The molecule has 0 aliphatic heterocycles. The van der Waals surface area contributed by atoms with Crippen LogP contribution < -0.4 is 10.6 Å². The second-order valence-corrected chi connectivity index (χ2v) is 7.30. The number of hydrogen-bond donors (Lipinski definition) is 3. The van der Waals surface area contributed by atoms with Gasteiger partial charge in [0, 0.05) is 17.2 Å². The van der Waals surface area contributed by atoms with Crippen molar-refractivity contribution in [2.45, 2.75) is 31.2 Å². The summed E-state index contributed by atoms with van der Waals surface area (Å²) in [4.78, 5) is 24.0. The first kappa shape index (κ1) is 18.0. The van der Waals surface area contributed by atoms with Crippen LogP contribution in [0.15, 0.2) is 66.7 Å². The molecular weight excluding hydrogens is 352 g/mol. The Morgan fingerprint density at radius 1 is 1.04 bits per heavy atom. The molecular formula is C23H22N2O3. The van der Waals surface area contributed by atoms with Crippen molar-refractivity contribution in [3.63, 3.8) is 0 Å². The molecule has 1 saturated carbocycles. The molecule has 0 bridgehead atoms. The summed E-state index contributed by atoms with van der Waals surface area (Å²) in [5.74, 6) is -0.117. The minimum atomic E-state index is -1.01. The first-order valence-corrected chi connectivity index (χ1v) is 9.42. The highest BCUT2D eigenvalue weighted by Gasteiger charge is 2.55. The van der Waals surface area contributed by atoms with E-state index in [9.17, 15) is 9.59 Å². The molecule has 3 N–H and O–H groups in total. The summed E-state index contributed by atoms with van der Waals surface area (Å²) in [7, 11) is 0. The fraction of sp³-hybridized carbons (Fsp3) is 0.217. The zero-order valence-corrected chi connectivity index (χ0v) is 15.6. The molecule has 28 heavy (non-hydrogen) atoms. The highest BCUT2D eigenvalue weighted by Crippen LogP contribution is 2.55. The maximum Gasteiger partial charge on any atom is 0.405 e. The van der Waals surface area contributed by atoms with Crippen LogP contribution in [0.1, 0.15) is 41.6 Å². The third-order valence-corrected chi connectivity index (χ3v) is 5.66. The van der Waals surface area contributed by atoms with Crippen molar-refractivity contribution < 1.29 is 14.7 Å². The summed E-state index contributed by atoms with van der Waals surface area (Å²) in [5.41, 5.74) is 1.84. The lowest BCUT2D eigenvalue weighted by Crippen LogP contribution is -2.36. The summed E-state index contributed by atoms with van der Waals surface area (Å²) in [5, 5.41) is 16.9. The Morgan fingerprint density at radius 2 is 1.75 bits per heavy atom. The normalized spacial score (nSPS) is 20.5. The third-order valence-electron chi connectivity index (χ3n) is 5.66. The van der Waals surface area contributed by atoms with E-state index in [1.807, 2.05) is 73.7 Å². The second-order valence-electron chi connectivity index (χ2n) is 7.30. The van der Waals surface area contributed by atoms with Crippen LogP contribution in [0.4, 0.5) is 10.5 Å². The first-order valence-electron chi connectivity index (χ1n) is 9.42. The maximum absolute atomic E-state index is 12.8. The van der Waals surface area contributed by atoms with Crippen molar-refractivity contribution in [2.24, 2.45) is 0 Å². The molecule has 0 saturated heterocycles. The molecule has 1 aliphatic rings. The van der Waals surface area contributed by atoms with Crippen molar-refractivity contribution in [3.05, 3.63) is 77.9 Å². The van der Waals surface area contributed by atoms with E-state index in [1.165, 1.54) is 0 Å². The lowest BCUT2D eigenvalue weighted by atomic mass is 10.0. The van der Waals surface area contributed by atoms with Crippen LogP contribution in [0.25, 0.3) is 10.8 Å². The van der Waals surface area contributed by atoms with E-state index in [4.69, 9.17) is 5.11 Å². The quantitative estimate of drug-likeness (QED) is 0.588. The smallest absolute Gasteiger partial charge is 0.405 e. The van der Waals surface area contributed by atoms with Gasteiger partial charge in [0.05, 0.1) is 5.54 Å². The van der Waals surface area contributed by atoms with Crippen LogP contribution in [0.2, 0.25) is 0 Å². The van der Waals surface area contributed by atoms with E-state index >= 15 is 0 Å². The zero-order chi connectivity index (χ0) is 19.7. The highest BCUT2D eigenvalue weighted by molar-refractivity contribution is 6.06. The minimum Gasteiger partial charge on any atom is -0.465 e. The van der Waals surface area contributed by atoms with Crippen molar-refractivity contribution >= 4 is 28.5 Å². The Hall–Kier alpha value is -3.34. The maximum atomic E-state index is 12.8. The summed E-state index contributed by atoms with van der Waals surface area (Å²) in [6.45, 7) is 1.98. The Morgan fingerprint density at radius 3 is 2.50 bits per heavy atom. The molecule has 3 aromatic carbocycles. The topological polar surface area (TPSA) is 78.4 Å². The third kappa shape index (κ3) is 3.31. The van der Waals surface area contributed by atoms with Crippen molar-refractivity contribution in [3.8, 4) is 0 Å². The van der Waals surface area contributed by atoms with E-state index in [2.05, 4.69) is 10.6 Å². The van der Waals surface area contributed by atoms with Gasteiger partial charge in [0.25, 0.3) is 5.91 Å². The van der Waals surface area contributed by atoms with Crippen molar-refractivity contribution in [1.29, 1.82) is 0 Å². The number of fused-ring (bicyclic) bond motifs is 1. The molecule has 3 aromatic rings. The SMILES string of the molecule is CCC1(NC(=O)O)CC1c1ccccc1NC(=O)c1ccc2ccccc2c1. The predicted molar refractivity (Wildman–Crippen MR) is 110 cm³/mol. The molecule has 0 spiro atoms. The van der Waals surface area contributed by atoms with Gasteiger partial charge < -0.3 is 15.7 Å². The van der Waals surface area contributed by atoms with E-state index in [1.54, 1.807) is 0 Å². The molecule has 5 nitrogen and oxygen atoms in total. The lowest BCUT2D eigenvalue weighted by Gasteiger charge is -2.17. The number of rotatable bonds is 5. The number of benzene rings is 3. The summed E-state index contributed by atoms with van der Waals surface area (Å²) < 4.78 is 0. The van der Waals surface area contributed by atoms with Crippen molar-refractivity contribution in [1.82, 2.24) is 5.32 Å². The van der Waals surface area contributed by atoms with E-state index in [-0.39, 0.29) is 11.8 Å². The number of hydrogen-bond acceptors (Lipinski definition) is 2. The number of para-hydroxylation sites is 1. The molecule has 142 valence electrons. The van der Waals surface area contributed by atoms with Gasteiger partial charge in [-0.05, 0) is 47.4 Å². The standard InChI is InChI=1S/C23H22N2O3/c1-2-23(25-22(27)28)14-19(23)18-9-5-6-10-20(18)24-21(26)17-12-11-15-7-3-4-8-16(15)13-17/h3-13,19,25H,2,14H2,1H3,(H,24,26)(H,27,28). The number of amides is 2. The van der Waals surface area contributed by atoms with Crippen molar-refractivity contribution in [2.75, 3.05) is 5.32 Å². The van der Waals surface area contributed by atoms with Crippen LogP contribution in [0.3, 0.4) is 0 Å². The number of carbonyl (C=O) groups excluding carboxylic acids is 1. The summed E-state index contributed by atoms with van der Waals surface area (Å²) in [6, 6.07) is 21.2. The van der Waals surface area contributed by atoms with Gasteiger partial charge >= 0.3 is 6.09 Å². The molecule has 0 heterocycles. The van der Waals surface area contributed by atoms with Crippen LogP contribution >= 0.6 is 0 Å². The number of carboxylic acid groups (broad SMARTS) is 1. The first-order chi connectivity index (χ1) is 13.5. The van der Waals surface area contributed by atoms with Crippen LogP contribution in [0, 0.1) is 0 Å². The molecule has 1 fully saturated rings.